The molecule has 0 spiro atoms. The largest absolute Gasteiger partial charge is 0.388 e. The van der Waals surface area contributed by atoms with Gasteiger partial charge in [0.25, 0.3) is 0 Å². The molecule has 2 unspecified atom stereocenters. The lowest BCUT2D eigenvalue weighted by Gasteiger charge is -2.28. The summed E-state index contributed by atoms with van der Waals surface area (Å²) >= 11 is 6.05. The van der Waals surface area contributed by atoms with Crippen LogP contribution in [-0.2, 0) is 12.8 Å². The first-order valence-corrected chi connectivity index (χ1v) is 10.6. The fourth-order valence-corrected chi connectivity index (χ4v) is 4.67. The average molecular weight is 439 g/mol. The van der Waals surface area contributed by atoms with Crippen LogP contribution in [0.5, 0.6) is 0 Å². The lowest BCUT2D eigenvalue weighted by Crippen LogP contribution is -2.43. The van der Waals surface area contributed by atoms with Gasteiger partial charge in [0.2, 0.25) is 0 Å². The summed E-state index contributed by atoms with van der Waals surface area (Å²) in [6.07, 6.45) is 3.60. The highest BCUT2D eigenvalue weighted by molar-refractivity contribution is 6.33. The summed E-state index contributed by atoms with van der Waals surface area (Å²) < 4.78 is 0. The first kappa shape index (κ1) is 20.0. The zero-order valence-electron chi connectivity index (χ0n) is 16.7. The third-order valence-corrected chi connectivity index (χ3v) is 6.50. The predicted molar refractivity (Wildman–Crippen MR) is 121 cm³/mol. The van der Waals surface area contributed by atoms with E-state index in [1.165, 1.54) is 6.33 Å². The van der Waals surface area contributed by atoms with Crippen LogP contribution in [0.1, 0.15) is 17.5 Å². The SMILES string of the molecule is Nc1nc2cc(CCC3=CC(N4CCc5c(N)ncnc54)[C@@H](O)C3O)ccc2cc1Cl. The third kappa shape index (κ3) is 3.46. The maximum atomic E-state index is 10.7. The number of aromatic nitrogens is 3. The van der Waals surface area contributed by atoms with Gasteiger partial charge in [-0.15, -0.1) is 0 Å². The van der Waals surface area contributed by atoms with Crippen LogP contribution in [0.3, 0.4) is 0 Å². The number of nitrogens with two attached hydrogens (primary N) is 2. The Kier molecular flexibility index (Phi) is 4.92. The highest BCUT2D eigenvalue weighted by Gasteiger charge is 2.40. The Morgan fingerprint density at radius 1 is 1.10 bits per heavy atom. The smallest absolute Gasteiger partial charge is 0.142 e. The van der Waals surface area contributed by atoms with Crippen LogP contribution in [-0.4, -0.2) is 50.0 Å². The van der Waals surface area contributed by atoms with Crippen LogP contribution in [0.25, 0.3) is 10.9 Å². The van der Waals surface area contributed by atoms with Crippen molar-refractivity contribution in [2.24, 2.45) is 0 Å². The molecule has 0 saturated heterocycles. The molecule has 0 saturated carbocycles. The molecule has 0 radical (unpaired) electrons. The molecule has 3 atom stereocenters. The molecule has 2 aromatic heterocycles. The zero-order chi connectivity index (χ0) is 21.7. The third-order valence-electron chi connectivity index (χ3n) is 6.19. The van der Waals surface area contributed by atoms with Crippen molar-refractivity contribution in [1.82, 2.24) is 15.0 Å². The second-order valence-corrected chi connectivity index (χ2v) is 8.46. The lowest BCUT2D eigenvalue weighted by atomic mass is 10.0. The van der Waals surface area contributed by atoms with Gasteiger partial charge in [-0.05, 0) is 42.5 Å². The average Bonchev–Trinajstić information content (AvgIpc) is 3.30. The van der Waals surface area contributed by atoms with Crippen LogP contribution in [0.2, 0.25) is 5.02 Å². The van der Waals surface area contributed by atoms with E-state index in [1.807, 2.05) is 29.2 Å². The molecule has 0 bridgehead atoms. The van der Waals surface area contributed by atoms with Crippen LogP contribution in [0.15, 0.2) is 42.2 Å². The zero-order valence-corrected chi connectivity index (χ0v) is 17.5. The number of nitrogen functional groups attached to an aromatic ring is 2. The molecule has 9 heteroatoms. The van der Waals surface area contributed by atoms with Gasteiger partial charge in [-0.1, -0.05) is 29.8 Å². The number of rotatable bonds is 4. The maximum absolute atomic E-state index is 10.7. The van der Waals surface area contributed by atoms with Crippen LogP contribution >= 0.6 is 11.6 Å². The fourth-order valence-electron chi connectivity index (χ4n) is 4.51. The number of aliphatic hydroxyl groups excluding tert-OH is 2. The lowest BCUT2D eigenvalue weighted by molar-refractivity contribution is 0.0436. The van der Waals surface area contributed by atoms with E-state index in [0.717, 1.165) is 39.8 Å². The van der Waals surface area contributed by atoms with Crippen molar-refractivity contribution in [2.75, 3.05) is 22.9 Å². The molecule has 5 rings (SSSR count). The van der Waals surface area contributed by atoms with Crippen LogP contribution < -0.4 is 16.4 Å². The molecule has 8 nitrogen and oxygen atoms in total. The van der Waals surface area contributed by atoms with Crippen molar-refractivity contribution < 1.29 is 10.2 Å². The quantitative estimate of drug-likeness (QED) is 0.453. The first-order chi connectivity index (χ1) is 14.9. The number of nitrogens with zero attached hydrogens (tertiary/aromatic N) is 4. The van der Waals surface area contributed by atoms with E-state index in [9.17, 15) is 10.2 Å². The van der Waals surface area contributed by atoms with Crippen molar-refractivity contribution in [3.8, 4) is 0 Å². The summed E-state index contributed by atoms with van der Waals surface area (Å²) in [4.78, 5) is 14.7. The Labute approximate surface area is 184 Å². The molecular weight excluding hydrogens is 416 g/mol. The Morgan fingerprint density at radius 3 is 2.77 bits per heavy atom. The van der Waals surface area contributed by atoms with Crippen molar-refractivity contribution in [2.45, 2.75) is 37.5 Å². The maximum Gasteiger partial charge on any atom is 0.142 e. The van der Waals surface area contributed by atoms with Gasteiger partial charge in [-0.3, -0.25) is 0 Å². The number of hydrogen-bond donors (Lipinski definition) is 4. The molecule has 1 aliphatic heterocycles. The molecule has 6 N–H and O–H groups in total. The molecule has 1 aliphatic carbocycles. The second-order valence-electron chi connectivity index (χ2n) is 8.05. The summed E-state index contributed by atoms with van der Waals surface area (Å²) in [5.41, 5.74) is 15.4. The predicted octanol–water partition coefficient (Wildman–Crippen LogP) is 1.87. The fraction of sp³-hybridized carbons (Fsp3) is 0.318. The van der Waals surface area contributed by atoms with E-state index in [1.54, 1.807) is 6.07 Å². The van der Waals surface area contributed by atoms with E-state index in [-0.39, 0.29) is 6.04 Å². The van der Waals surface area contributed by atoms with Crippen molar-refractivity contribution in [3.05, 3.63) is 58.4 Å². The van der Waals surface area contributed by atoms with Crippen molar-refractivity contribution >= 4 is 40.0 Å². The van der Waals surface area contributed by atoms with Gasteiger partial charge in [0, 0.05) is 17.5 Å². The topological polar surface area (TPSA) is 134 Å². The summed E-state index contributed by atoms with van der Waals surface area (Å²) in [6.45, 7) is 0.677. The molecule has 1 aromatic carbocycles. The summed E-state index contributed by atoms with van der Waals surface area (Å²) in [5, 5.41) is 22.7. The number of benzene rings is 1. The second kappa shape index (κ2) is 7.64. The van der Waals surface area contributed by atoms with Crippen LogP contribution in [0.4, 0.5) is 17.5 Å². The Balaban J connectivity index is 1.35. The molecule has 3 aromatic rings. The van der Waals surface area contributed by atoms with E-state index < -0.39 is 12.2 Å². The van der Waals surface area contributed by atoms with Crippen molar-refractivity contribution in [1.29, 1.82) is 0 Å². The number of pyridine rings is 1. The van der Waals surface area contributed by atoms with E-state index in [0.29, 0.717) is 36.0 Å². The van der Waals surface area contributed by atoms with Gasteiger partial charge in [0.15, 0.2) is 0 Å². The van der Waals surface area contributed by atoms with E-state index in [4.69, 9.17) is 23.1 Å². The number of halogens is 1. The Morgan fingerprint density at radius 2 is 1.94 bits per heavy atom. The normalized spacial score (nSPS) is 22.7. The van der Waals surface area contributed by atoms with Crippen molar-refractivity contribution in [3.63, 3.8) is 0 Å². The first-order valence-electron chi connectivity index (χ1n) is 10.2. The molecule has 3 heterocycles. The molecule has 31 heavy (non-hydrogen) atoms. The monoisotopic (exact) mass is 438 g/mol. The highest BCUT2D eigenvalue weighted by Crippen LogP contribution is 2.36. The van der Waals surface area contributed by atoms with Gasteiger partial charge in [-0.2, -0.15) is 0 Å². The Hall–Kier alpha value is -2.94. The molecule has 160 valence electrons. The van der Waals surface area contributed by atoms with E-state index >= 15 is 0 Å². The van der Waals surface area contributed by atoms with Gasteiger partial charge >= 0.3 is 0 Å². The van der Waals surface area contributed by atoms with Gasteiger partial charge in [0.05, 0.1) is 16.6 Å². The summed E-state index contributed by atoms with van der Waals surface area (Å²) in [6, 6.07) is 7.42. The van der Waals surface area contributed by atoms with Gasteiger partial charge < -0.3 is 26.6 Å². The number of fused-ring (bicyclic) bond motifs is 2. The number of aryl methyl sites for hydroxylation is 1. The van der Waals surface area contributed by atoms with Gasteiger partial charge in [-0.25, -0.2) is 15.0 Å². The minimum Gasteiger partial charge on any atom is -0.388 e. The number of anilines is 3. The number of hydrogen-bond acceptors (Lipinski definition) is 8. The molecule has 2 aliphatic rings. The standard InChI is InChI=1S/C22H23ClN6O2/c23-15-8-12-3-1-11(7-16(12)28-21(15)25)2-4-13-9-17(19(31)18(13)30)29-6-5-14-20(24)26-10-27-22(14)29/h1,3,7-10,17-19,30-31H,2,4-6H2,(H2,25,28)(H2,24,26,27)/t17?,18?,19-/m1/s1. The molecule has 0 fully saturated rings. The van der Waals surface area contributed by atoms with Crippen LogP contribution in [0, 0.1) is 0 Å². The Bertz CT molecular complexity index is 1200. The molecular formula is C22H23ClN6O2. The minimum absolute atomic E-state index is 0.307. The number of aliphatic hydroxyl groups is 2. The summed E-state index contributed by atoms with van der Waals surface area (Å²) in [5.74, 6) is 1.51. The minimum atomic E-state index is -0.919. The highest BCUT2D eigenvalue weighted by atomic mass is 35.5. The summed E-state index contributed by atoms with van der Waals surface area (Å²) in [7, 11) is 0. The van der Waals surface area contributed by atoms with E-state index in [2.05, 4.69) is 15.0 Å². The van der Waals surface area contributed by atoms with Gasteiger partial charge in [0.1, 0.15) is 36.0 Å². The molecule has 0 amide bonds.